The second-order valence-electron chi connectivity index (χ2n) is 7.10. The minimum absolute atomic E-state index is 0.451. The number of hydrogen-bond acceptors (Lipinski definition) is 5. The van der Waals surface area contributed by atoms with Gasteiger partial charge in [-0.1, -0.05) is 0 Å². The summed E-state index contributed by atoms with van der Waals surface area (Å²) in [7, 11) is 0. The molecule has 2 aromatic rings. The van der Waals surface area contributed by atoms with Gasteiger partial charge in [0.15, 0.2) is 0 Å². The first-order valence-electron chi connectivity index (χ1n) is 8.90. The first-order valence-corrected chi connectivity index (χ1v) is 8.90. The third-order valence-electron chi connectivity index (χ3n) is 5.12. The summed E-state index contributed by atoms with van der Waals surface area (Å²) in [4.78, 5) is 18.9. The van der Waals surface area contributed by atoms with Gasteiger partial charge in [0.05, 0.1) is 5.69 Å². The highest BCUT2D eigenvalue weighted by atomic mass is 15.3. The maximum absolute atomic E-state index is 4.85. The SMILES string of the molecule is Cc1ccc(-c2ccnc(N3CCN(C4CC4)CC3C)n2)c(C)n1. The van der Waals surface area contributed by atoms with Gasteiger partial charge in [0, 0.05) is 54.9 Å². The summed E-state index contributed by atoms with van der Waals surface area (Å²) in [5.41, 5.74) is 4.11. The molecule has 2 aromatic heterocycles. The predicted molar refractivity (Wildman–Crippen MR) is 96.1 cm³/mol. The van der Waals surface area contributed by atoms with Crippen LogP contribution < -0.4 is 4.90 Å². The van der Waals surface area contributed by atoms with Crippen molar-refractivity contribution in [2.24, 2.45) is 0 Å². The average molecular weight is 323 g/mol. The zero-order valence-corrected chi connectivity index (χ0v) is 14.7. The third kappa shape index (κ3) is 3.00. The lowest BCUT2D eigenvalue weighted by Gasteiger charge is -2.40. The molecule has 5 nitrogen and oxygen atoms in total. The molecule has 0 bridgehead atoms. The molecule has 1 unspecified atom stereocenters. The molecule has 0 N–H and O–H groups in total. The van der Waals surface area contributed by atoms with Crippen molar-refractivity contribution in [1.29, 1.82) is 0 Å². The molecule has 1 saturated carbocycles. The standard InChI is InChI=1S/C19H25N5/c1-13-4-7-17(15(3)21-13)18-8-9-20-19(22-18)24-11-10-23(12-14(24)2)16-5-6-16/h4,7-9,14,16H,5-6,10-12H2,1-3H3. The van der Waals surface area contributed by atoms with Crippen molar-refractivity contribution < 1.29 is 0 Å². The number of pyridine rings is 1. The molecule has 1 saturated heterocycles. The molecule has 5 heteroatoms. The van der Waals surface area contributed by atoms with Crippen LogP contribution in [0.15, 0.2) is 24.4 Å². The molecule has 126 valence electrons. The lowest BCUT2D eigenvalue weighted by Crippen LogP contribution is -2.53. The Bertz CT molecular complexity index is 740. The number of piperazine rings is 1. The van der Waals surface area contributed by atoms with E-state index >= 15 is 0 Å². The molecule has 1 aliphatic carbocycles. The van der Waals surface area contributed by atoms with Gasteiger partial charge in [-0.2, -0.15) is 0 Å². The fourth-order valence-corrected chi connectivity index (χ4v) is 3.65. The van der Waals surface area contributed by atoms with Crippen molar-refractivity contribution in [3.8, 4) is 11.3 Å². The van der Waals surface area contributed by atoms with E-state index in [1.807, 2.05) is 32.2 Å². The summed E-state index contributed by atoms with van der Waals surface area (Å²) in [6.45, 7) is 9.58. The van der Waals surface area contributed by atoms with Crippen LogP contribution >= 0.6 is 0 Å². The van der Waals surface area contributed by atoms with Crippen LogP contribution in [-0.4, -0.2) is 51.6 Å². The van der Waals surface area contributed by atoms with Gasteiger partial charge in [0.25, 0.3) is 0 Å². The van der Waals surface area contributed by atoms with Gasteiger partial charge < -0.3 is 4.90 Å². The molecule has 24 heavy (non-hydrogen) atoms. The number of aryl methyl sites for hydroxylation is 2. The van der Waals surface area contributed by atoms with Gasteiger partial charge in [-0.05, 0) is 51.8 Å². The van der Waals surface area contributed by atoms with E-state index < -0.39 is 0 Å². The Balaban J connectivity index is 1.58. The minimum Gasteiger partial charge on any atom is -0.336 e. The highest BCUT2D eigenvalue weighted by molar-refractivity contribution is 5.62. The van der Waals surface area contributed by atoms with Crippen LogP contribution in [0.3, 0.4) is 0 Å². The van der Waals surface area contributed by atoms with Gasteiger partial charge in [0.2, 0.25) is 5.95 Å². The summed E-state index contributed by atoms with van der Waals surface area (Å²) >= 11 is 0. The van der Waals surface area contributed by atoms with E-state index in [9.17, 15) is 0 Å². The van der Waals surface area contributed by atoms with Crippen LogP contribution in [0.1, 0.15) is 31.2 Å². The summed E-state index contributed by atoms with van der Waals surface area (Å²) in [5.74, 6) is 0.843. The van der Waals surface area contributed by atoms with E-state index in [2.05, 4.69) is 32.8 Å². The topological polar surface area (TPSA) is 45.2 Å². The molecule has 0 radical (unpaired) electrons. The molecule has 0 aromatic carbocycles. The number of hydrogen-bond donors (Lipinski definition) is 0. The van der Waals surface area contributed by atoms with E-state index in [0.29, 0.717) is 6.04 Å². The predicted octanol–water partition coefficient (Wildman–Crippen LogP) is 2.83. The largest absolute Gasteiger partial charge is 0.336 e. The van der Waals surface area contributed by atoms with Gasteiger partial charge in [-0.15, -0.1) is 0 Å². The van der Waals surface area contributed by atoms with E-state index in [-0.39, 0.29) is 0 Å². The summed E-state index contributed by atoms with van der Waals surface area (Å²) in [5, 5.41) is 0. The van der Waals surface area contributed by atoms with E-state index in [1.165, 1.54) is 12.8 Å². The summed E-state index contributed by atoms with van der Waals surface area (Å²) < 4.78 is 0. The Hall–Kier alpha value is -2.01. The van der Waals surface area contributed by atoms with Gasteiger partial charge in [-0.25, -0.2) is 9.97 Å². The molecular weight excluding hydrogens is 298 g/mol. The normalized spacial score (nSPS) is 22.0. The maximum Gasteiger partial charge on any atom is 0.226 e. The fourth-order valence-electron chi connectivity index (χ4n) is 3.65. The van der Waals surface area contributed by atoms with Crippen LogP contribution in [0.5, 0.6) is 0 Å². The first kappa shape index (κ1) is 15.5. The Labute approximate surface area is 143 Å². The fraction of sp³-hybridized carbons (Fsp3) is 0.526. The van der Waals surface area contributed by atoms with Gasteiger partial charge in [0.1, 0.15) is 0 Å². The van der Waals surface area contributed by atoms with Crippen LogP contribution in [0.4, 0.5) is 5.95 Å². The third-order valence-corrected chi connectivity index (χ3v) is 5.12. The Morgan fingerprint density at radius 3 is 2.58 bits per heavy atom. The minimum atomic E-state index is 0.451. The lowest BCUT2D eigenvalue weighted by molar-refractivity contribution is 0.218. The van der Waals surface area contributed by atoms with Crippen LogP contribution in [0.25, 0.3) is 11.3 Å². The molecule has 1 atom stereocenters. The molecule has 1 aliphatic heterocycles. The monoisotopic (exact) mass is 323 g/mol. The molecule has 4 rings (SSSR count). The number of rotatable bonds is 3. The van der Waals surface area contributed by atoms with Crippen LogP contribution in [-0.2, 0) is 0 Å². The average Bonchev–Trinajstić information content (AvgIpc) is 3.40. The van der Waals surface area contributed by atoms with Crippen LogP contribution in [0, 0.1) is 13.8 Å². The molecule has 2 fully saturated rings. The smallest absolute Gasteiger partial charge is 0.226 e. The number of nitrogens with zero attached hydrogens (tertiary/aromatic N) is 5. The number of aromatic nitrogens is 3. The second kappa shape index (κ2) is 6.13. The molecule has 0 amide bonds. The first-order chi connectivity index (χ1) is 11.6. The zero-order chi connectivity index (χ0) is 16.7. The van der Waals surface area contributed by atoms with E-state index in [1.54, 1.807) is 0 Å². The molecular formula is C19H25N5. The summed E-state index contributed by atoms with van der Waals surface area (Å²) in [6, 6.07) is 7.42. The van der Waals surface area contributed by atoms with Crippen molar-refractivity contribution in [3.63, 3.8) is 0 Å². The maximum atomic E-state index is 4.85. The van der Waals surface area contributed by atoms with E-state index in [4.69, 9.17) is 4.98 Å². The zero-order valence-electron chi connectivity index (χ0n) is 14.7. The second-order valence-corrected chi connectivity index (χ2v) is 7.10. The highest BCUT2D eigenvalue weighted by Gasteiger charge is 2.34. The quantitative estimate of drug-likeness (QED) is 0.869. The highest BCUT2D eigenvalue weighted by Crippen LogP contribution is 2.30. The Morgan fingerprint density at radius 2 is 1.88 bits per heavy atom. The van der Waals surface area contributed by atoms with Crippen LogP contribution in [0.2, 0.25) is 0 Å². The molecule has 3 heterocycles. The van der Waals surface area contributed by atoms with Gasteiger partial charge in [-0.3, -0.25) is 9.88 Å². The summed E-state index contributed by atoms with van der Waals surface area (Å²) in [6.07, 6.45) is 4.62. The Kier molecular flexibility index (Phi) is 3.96. The molecule has 2 aliphatic rings. The lowest BCUT2D eigenvalue weighted by atomic mass is 10.1. The van der Waals surface area contributed by atoms with Gasteiger partial charge >= 0.3 is 0 Å². The van der Waals surface area contributed by atoms with Crippen molar-refractivity contribution in [2.75, 3.05) is 24.5 Å². The van der Waals surface area contributed by atoms with Crippen molar-refractivity contribution in [1.82, 2.24) is 19.9 Å². The molecule has 0 spiro atoms. The van der Waals surface area contributed by atoms with Crippen molar-refractivity contribution >= 4 is 5.95 Å². The van der Waals surface area contributed by atoms with Crippen molar-refractivity contribution in [2.45, 2.75) is 45.7 Å². The van der Waals surface area contributed by atoms with Crippen molar-refractivity contribution in [3.05, 3.63) is 35.8 Å². The Morgan fingerprint density at radius 1 is 1.04 bits per heavy atom. The number of anilines is 1. The van der Waals surface area contributed by atoms with E-state index in [0.717, 1.165) is 54.3 Å².